The van der Waals surface area contributed by atoms with Crippen LogP contribution in [0.25, 0.3) is 0 Å². The van der Waals surface area contributed by atoms with E-state index in [0.29, 0.717) is 26.1 Å². The van der Waals surface area contributed by atoms with Gasteiger partial charge < -0.3 is 14.4 Å². The number of imidazole rings is 1. The van der Waals surface area contributed by atoms with Crippen molar-refractivity contribution in [1.29, 1.82) is 0 Å². The lowest BCUT2D eigenvalue weighted by Crippen LogP contribution is -2.36. The van der Waals surface area contributed by atoms with Gasteiger partial charge in [-0.3, -0.25) is 0 Å². The Morgan fingerprint density at radius 2 is 2.27 bits per heavy atom. The average Bonchev–Trinajstić information content (AvgIpc) is 2.68. The summed E-state index contributed by atoms with van der Waals surface area (Å²) in [7, 11) is 0. The minimum Gasteiger partial charge on any atom is -0.382 e. The van der Waals surface area contributed by atoms with Crippen LogP contribution < -0.4 is 0 Å². The van der Waals surface area contributed by atoms with Gasteiger partial charge in [0.2, 0.25) is 0 Å². The zero-order valence-corrected chi connectivity index (χ0v) is 9.15. The number of aromatic nitrogens is 2. The van der Waals surface area contributed by atoms with E-state index in [2.05, 4.69) is 11.9 Å². The van der Waals surface area contributed by atoms with Gasteiger partial charge in [0, 0.05) is 45.0 Å². The molecular weight excluding hydrogens is 192 g/mol. The van der Waals surface area contributed by atoms with Crippen LogP contribution >= 0.6 is 0 Å². The van der Waals surface area contributed by atoms with E-state index in [1.807, 2.05) is 10.8 Å². The highest BCUT2D eigenvalue weighted by Gasteiger charge is 2.35. The molecule has 0 bridgehead atoms. The Labute approximate surface area is 89.9 Å². The van der Waals surface area contributed by atoms with Gasteiger partial charge >= 0.3 is 0 Å². The van der Waals surface area contributed by atoms with Gasteiger partial charge in [-0.25, -0.2) is 4.98 Å². The molecule has 0 spiro atoms. The second kappa shape index (κ2) is 4.33. The molecule has 2 heterocycles. The number of ether oxygens (including phenoxy) is 1. The second-order valence-electron chi connectivity index (χ2n) is 4.09. The van der Waals surface area contributed by atoms with Crippen molar-refractivity contribution in [2.45, 2.75) is 38.3 Å². The molecule has 0 amide bonds. The maximum absolute atomic E-state index is 10.5. The fourth-order valence-electron chi connectivity index (χ4n) is 2.07. The minimum absolute atomic E-state index is 0.621. The fraction of sp³-hybridized carbons (Fsp3) is 0.727. The molecule has 0 atom stereocenters. The molecular formula is C11H18N2O2. The van der Waals surface area contributed by atoms with Crippen LogP contribution in [0.15, 0.2) is 12.4 Å². The molecule has 1 fully saturated rings. The molecule has 84 valence electrons. The third-order valence-electron chi connectivity index (χ3n) is 2.92. The van der Waals surface area contributed by atoms with E-state index in [1.165, 1.54) is 0 Å². The summed E-state index contributed by atoms with van der Waals surface area (Å²) in [5, 5.41) is 10.5. The summed E-state index contributed by atoms with van der Waals surface area (Å²) in [5.41, 5.74) is -0.781. The van der Waals surface area contributed by atoms with Crippen molar-refractivity contribution in [3.63, 3.8) is 0 Å². The third kappa shape index (κ3) is 2.06. The van der Waals surface area contributed by atoms with Gasteiger partial charge in [0.1, 0.15) is 11.4 Å². The molecule has 1 aromatic heterocycles. The summed E-state index contributed by atoms with van der Waals surface area (Å²) in [6.07, 6.45) is 6.04. The Hall–Kier alpha value is -0.870. The number of hydrogen-bond donors (Lipinski definition) is 1. The maximum atomic E-state index is 10.5. The standard InChI is InChI=1S/C11H18N2O2/c1-2-6-13-7-5-12-10(13)11(14)3-8-15-9-4-11/h5,7,14H,2-4,6,8-9H2,1H3. The number of hydrogen-bond acceptors (Lipinski definition) is 3. The first-order valence-electron chi connectivity index (χ1n) is 5.58. The summed E-state index contributed by atoms with van der Waals surface area (Å²) in [4.78, 5) is 4.29. The van der Waals surface area contributed by atoms with Crippen molar-refractivity contribution in [3.05, 3.63) is 18.2 Å². The quantitative estimate of drug-likeness (QED) is 0.817. The van der Waals surface area contributed by atoms with E-state index in [1.54, 1.807) is 6.20 Å². The average molecular weight is 210 g/mol. The van der Waals surface area contributed by atoms with E-state index in [0.717, 1.165) is 18.8 Å². The molecule has 1 aliphatic rings. The number of rotatable bonds is 3. The predicted molar refractivity (Wildman–Crippen MR) is 56.5 cm³/mol. The molecule has 2 rings (SSSR count). The van der Waals surface area contributed by atoms with Crippen molar-refractivity contribution < 1.29 is 9.84 Å². The van der Waals surface area contributed by atoms with Gasteiger partial charge in [0.05, 0.1) is 0 Å². The highest BCUT2D eigenvalue weighted by molar-refractivity contribution is 5.06. The summed E-state index contributed by atoms with van der Waals surface area (Å²) < 4.78 is 7.31. The highest BCUT2D eigenvalue weighted by atomic mass is 16.5. The van der Waals surface area contributed by atoms with Gasteiger partial charge in [0.25, 0.3) is 0 Å². The molecule has 1 aromatic rings. The molecule has 1 aliphatic heterocycles. The molecule has 0 aliphatic carbocycles. The fourth-order valence-corrected chi connectivity index (χ4v) is 2.07. The smallest absolute Gasteiger partial charge is 0.140 e. The molecule has 0 radical (unpaired) electrons. The van der Waals surface area contributed by atoms with Gasteiger partial charge in [-0.15, -0.1) is 0 Å². The molecule has 1 N–H and O–H groups in total. The topological polar surface area (TPSA) is 47.3 Å². The first kappa shape index (κ1) is 10.6. The summed E-state index contributed by atoms with van der Waals surface area (Å²) in [6.45, 7) is 4.28. The van der Waals surface area contributed by atoms with Crippen LogP contribution in [0.1, 0.15) is 32.0 Å². The molecule has 0 aromatic carbocycles. The SMILES string of the molecule is CCCn1ccnc1C1(O)CCOCC1. The lowest BCUT2D eigenvalue weighted by atomic mass is 9.93. The van der Waals surface area contributed by atoms with Crippen molar-refractivity contribution in [1.82, 2.24) is 9.55 Å². The Morgan fingerprint density at radius 3 is 2.93 bits per heavy atom. The minimum atomic E-state index is -0.781. The Morgan fingerprint density at radius 1 is 1.53 bits per heavy atom. The van der Waals surface area contributed by atoms with E-state index in [-0.39, 0.29) is 0 Å². The van der Waals surface area contributed by atoms with Crippen LogP contribution in [0, 0.1) is 0 Å². The zero-order chi connectivity index (χ0) is 10.7. The van der Waals surface area contributed by atoms with Crippen molar-refractivity contribution in [2.75, 3.05) is 13.2 Å². The lowest BCUT2D eigenvalue weighted by molar-refractivity contribution is -0.0752. The predicted octanol–water partition coefficient (Wildman–Crippen LogP) is 1.29. The summed E-state index contributed by atoms with van der Waals surface area (Å²) in [5.74, 6) is 0.799. The third-order valence-corrected chi connectivity index (χ3v) is 2.92. The van der Waals surface area contributed by atoms with E-state index >= 15 is 0 Å². The van der Waals surface area contributed by atoms with Gasteiger partial charge in [-0.1, -0.05) is 6.92 Å². The first-order valence-corrected chi connectivity index (χ1v) is 5.58. The van der Waals surface area contributed by atoms with Crippen LogP contribution in [-0.2, 0) is 16.9 Å². The van der Waals surface area contributed by atoms with Gasteiger partial charge in [-0.05, 0) is 6.42 Å². The Bertz CT molecular complexity index is 316. The van der Waals surface area contributed by atoms with Gasteiger partial charge in [-0.2, -0.15) is 0 Å². The highest BCUT2D eigenvalue weighted by Crippen LogP contribution is 2.30. The molecule has 4 heteroatoms. The number of aliphatic hydroxyl groups is 1. The van der Waals surface area contributed by atoms with Crippen molar-refractivity contribution in [2.24, 2.45) is 0 Å². The molecule has 4 nitrogen and oxygen atoms in total. The van der Waals surface area contributed by atoms with Crippen molar-refractivity contribution in [3.8, 4) is 0 Å². The van der Waals surface area contributed by atoms with Crippen LogP contribution in [0.5, 0.6) is 0 Å². The van der Waals surface area contributed by atoms with E-state index < -0.39 is 5.60 Å². The normalized spacial score (nSPS) is 20.4. The van der Waals surface area contributed by atoms with E-state index in [9.17, 15) is 5.11 Å². The number of nitrogens with zero attached hydrogens (tertiary/aromatic N) is 2. The molecule has 0 unspecified atom stereocenters. The lowest BCUT2D eigenvalue weighted by Gasteiger charge is -2.31. The van der Waals surface area contributed by atoms with Crippen LogP contribution in [0.3, 0.4) is 0 Å². The zero-order valence-electron chi connectivity index (χ0n) is 9.15. The molecule has 0 saturated carbocycles. The second-order valence-corrected chi connectivity index (χ2v) is 4.09. The summed E-state index contributed by atoms with van der Waals surface area (Å²) in [6, 6.07) is 0. The molecule has 1 saturated heterocycles. The van der Waals surface area contributed by atoms with E-state index in [4.69, 9.17) is 4.74 Å². The van der Waals surface area contributed by atoms with Gasteiger partial charge in [0.15, 0.2) is 0 Å². The van der Waals surface area contributed by atoms with Crippen LogP contribution in [0.2, 0.25) is 0 Å². The maximum Gasteiger partial charge on any atom is 0.140 e. The van der Waals surface area contributed by atoms with Crippen molar-refractivity contribution >= 4 is 0 Å². The van der Waals surface area contributed by atoms with Crippen LogP contribution in [-0.4, -0.2) is 27.9 Å². The monoisotopic (exact) mass is 210 g/mol. The Balaban J connectivity index is 2.22. The Kier molecular flexibility index (Phi) is 3.07. The summed E-state index contributed by atoms with van der Waals surface area (Å²) >= 11 is 0. The van der Waals surface area contributed by atoms with Crippen LogP contribution in [0.4, 0.5) is 0 Å². The first-order chi connectivity index (χ1) is 7.26. The largest absolute Gasteiger partial charge is 0.382 e. The molecule has 15 heavy (non-hydrogen) atoms. The number of aryl methyl sites for hydroxylation is 1.